The van der Waals surface area contributed by atoms with Gasteiger partial charge in [0.25, 0.3) is 0 Å². The Balaban J connectivity index is 2.18. The van der Waals surface area contributed by atoms with Gasteiger partial charge in [-0.3, -0.25) is 0 Å². The number of sulfone groups is 1. The predicted molar refractivity (Wildman–Crippen MR) is 98.7 cm³/mol. The van der Waals surface area contributed by atoms with Crippen molar-refractivity contribution in [3.05, 3.63) is 59.2 Å². The zero-order valence-electron chi connectivity index (χ0n) is 14.7. The van der Waals surface area contributed by atoms with Gasteiger partial charge in [0.15, 0.2) is 15.5 Å². The van der Waals surface area contributed by atoms with Gasteiger partial charge in [-0.25, -0.2) is 13.1 Å². The van der Waals surface area contributed by atoms with E-state index in [4.69, 9.17) is 16.3 Å². The van der Waals surface area contributed by atoms with Gasteiger partial charge in [-0.15, -0.1) is 0 Å². The molecule has 3 rings (SSSR count). The van der Waals surface area contributed by atoms with Crippen LogP contribution in [0.5, 0.6) is 5.75 Å². The summed E-state index contributed by atoms with van der Waals surface area (Å²) in [4.78, 5) is 0.0610. The fourth-order valence-corrected chi connectivity index (χ4v) is 3.46. The number of benzene rings is 2. The van der Waals surface area contributed by atoms with E-state index in [1.54, 1.807) is 0 Å². The summed E-state index contributed by atoms with van der Waals surface area (Å²) >= 11 is 6.09. The molecule has 0 fully saturated rings. The van der Waals surface area contributed by atoms with Crippen molar-refractivity contribution in [2.45, 2.75) is 11.1 Å². The predicted octanol–water partition coefficient (Wildman–Crippen LogP) is 4.62. The summed E-state index contributed by atoms with van der Waals surface area (Å²) in [5, 5.41) is 3.88. The Morgan fingerprint density at radius 3 is 2.21 bits per heavy atom. The molecule has 10 heteroatoms. The van der Waals surface area contributed by atoms with Crippen LogP contribution < -0.4 is 4.74 Å². The maximum Gasteiger partial charge on any atom is 0.435 e. The molecule has 0 saturated carbocycles. The van der Waals surface area contributed by atoms with Gasteiger partial charge in [0.2, 0.25) is 0 Å². The molecule has 0 N–H and O–H groups in total. The first-order valence-electron chi connectivity index (χ1n) is 7.82. The summed E-state index contributed by atoms with van der Waals surface area (Å²) in [6.45, 7) is 0. The van der Waals surface area contributed by atoms with Crippen molar-refractivity contribution < 1.29 is 26.3 Å². The summed E-state index contributed by atoms with van der Waals surface area (Å²) in [5.41, 5.74) is -0.291. The number of rotatable bonds is 4. The van der Waals surface area contributed by atoms with Crippen molar-refractivity contribution in [3.8, 4) is 22.7 Å². The minimum atomic E-state index is -4.65. The first-order chi connectivity index (χ1) is 13.0. The third-order valence-electron chi connectivity index (χ3n) is 3.96. The molecule has 0 spiro atoms. The van der Waals surface area contributed by atoms with E-state index in [1.165, 1.54) is 49.6 Å². The smallest absolute Gasteiger partial charge is 0.435 e. The lowest BCUT2D eigenvalue weighted by molar-refractivity contribution is -0.141. The molecule has 0 radical (unpaired) electrons. The maximum atomic E-state index is 13.2. The molecule has 0 saturated heterocycles. The van der Waals surface area contributed by atoms with E-state index in [0.717, 1.165) is 17.0 Å². The van der Waals surface area contributed by atoms with E-state index in [0.29, 0.717) is 17.0 Å². The van der Waals surface area contributed by atoms with Crippen LogP contribution in [0.15, 0.2) is 53.4 Å². The first kappa shape index (κ1) is 20.2. The van der Waals surface area contributed by atoms with Gasteiger partial charge in [-0.2, -0.15) is 18.3 Å². The molecule has 148 valence electrons. The third-order valence-corrected chi connectivity index (χ3v) is 5.38. The number of aromatic nitrogens is 2. The number of hydrogen-bond acceptors (Lipinski definition) is 4. The lowest BCUT2D eigenvalue weighted by Crippen LogP contribution is -2.07. The molecule has 28 heavy (non-hydrogen) atoms. The number of hydrogen-bond donors (Lipinski definition) is 0. The Morgan fingerprint density at radius 2 is 1.71 bits per heavy atom. The first-order valence-corrected chi connectivity index (χ1v) is 10.1. The fraction of sp³-hybridized carbons (Fsp3) is 0.167. The van der Waals surface area contributed by atoms with Gasteiger partial charge in [-0.1, -0.05) is 23.7 Å². The van der Waals surface area contributed by atoms with Crippen molar-refractivity contribution in [1.29, 1.82) is 0 Å². The van der Waals surface area contributed by atoms with Gasteiger partial charge in [0, 0.05) is 11.8 Å². The molecule has 1 aromatic heterocycles. The molecule has 0 atom stereocenters. The van der Waals surface area contributed by atoms with Crippen LogP contribution in [0.25, 0.3) is 16.9 Å². The lowest BCUT2D eigenvalue weighted by Gasteiger charge is -2.10. The summed E-state index contributed by atoms with van der Waals surface area (Å²) in [6, 6.07) is 10.9. The van der Waals surface area contributed by atoms with E-state index in [-0.39, 0.29) is 15.6 Å². The van der Waals surface area contributed by atoms with Gasteiger partial charge < -0.3 is 4.74 Å². The standard InChI is InChI=1S/C18H14ClF3N2O3S/c1-27-16-8-5-12(9-14(16)19)24-15(10-17(23-24)18(20,21)22)11-3-6-13(7-4-11)28(2,25)26/h3-10H,1-2H3. The van der Waals surface area contributed by atoms with Gasteiger partial charge in [0.1, 0.15) is 5.75 Å². The molecule has 0 aliphatic heterocycles. The normalized spacial score (nSPS) is 12.2. The van der Waals surface area contributed by atoms with Crippen LogP contribution >= 0.6 is 11.6 Å². The van der Waals surface area contributed by atoms with Crippen molar-refractivity contribution in [2.24, 2.45) is 0 Å². The highest BCUT2D eigenvalue weighted by Crippen LogP contribution is 2.35. The molecular weight excluding hydrogens is 417 g/mol. The second-order valence-corrected chi connectivity index (χ2v) is 8.36. The molecular formula is C18H14ClF3N2O3S. The SMILES string of the molecule is COc1ccc(-n2nc(C(F)(F)F)cc2-c2ccc(S(C)(=O)=O)cc2)cc1Cl. The van der Waals surface area contributed by atoms with Crippen molar-refractivity contribution in [3.63, 3.8) is 0 Å². The molecule has 0 aliphatic rings. The highest BCUT2D eigenvalue weighted by atomic mass is 35.5. The van der Waals surface area contributed by atoms with Crippen molar-refractivity contribution in [2.75, 3.05) is 13.4 Å². The van der Waals surface area contributed by atoms with Crippen LogP contribution in [0, 0.1) is 0 Å². The summed E-state index contributed by atoms with van der Waals surface area (Å²) < 4.78 is 69.1. The Bertz CT molecular complexity index is 1120. The Morgan fingerprint density at radius 1 is 1.07 bits per heavy atom. The highest BCUT2D eigenvalue weighted by Gasteiger charge is 2.35. The number of nitrogens with zero attached hydrogens (tertiary/aromatic N) is 2. The van der Waals surface area contributed by atoms with Crippen LogP contribution in [-0.4, -0.2) is 31.6 Å². The van der Waals surface area contributed by atoms with Crippen molar-refractivity contribution in [1.82, 2.24) is 9.78 Å². The largest absolute Gasteiger partial charge is 0.495 e. The molecule has 0 bridgehead atoms. The molecule has 0 unspecified atom stereocenters. The van der Waals surface area contributed by atoms with Gasteiger partial charge >= 0.3 is 6.18 Å². The zero-order chi connectivity index (χ0) is 20.7. The number of ether oxygens (including phenoxy) is 1. The monoisotopic (exact) mass is 430 g/mol. The number of halogens is 4. The minimum absolute atomic E-state index is 0.0610. The number of alkyl halides is 3. The van der Waals surface area contributed by atoms with E-state index in [2.05, 4.69) is 5.10 Å². The summed E-state index contributed by atoms with van der Waals surface area (Å²) in [6.07, 6.45) is -3.60. The molecule has 5 nitrogen and oxygen atoms in total. The minimum Gasteiger partial charge on any atom is -0.495 e. The van der Waals surface area contributed by atoms with E-state index >= 15 is 0 Å². The molecule has 2 aromatic carbocycles. The van der Waals surface area contributed by atoms with E-state index in [9.17, 15) is 21.6 Å². The molecule has 1 heterocycles. The van der Waals surface area contributed by atoms with Crippen LogP contribution in [-0.2, 0) is 16.0 Å². The Labute approximate surface area is 164 Å². The van der Waals surface area contributed by atoms with Gasteiger partial charge in [-0.05, 0) is 36.4 Å². The lowest BCUT2D eigenvalue weighted by atomic mass is 10.1. The summed E-state index contributed by atoms with van der Waals surface area (Å²) in [5.74, 6) is 0.368. The quantitative estimate of drug-likeness (QED) is 0.605. The molecule has 0 aliphatic carbocycles. The van der Waals surface area contributed by atoms with E-state index in [1.807, 2.05) is 0 Å². The summed E-state index contributed by atoms with van der Waals surface area (Å²) in [7, 11) is -2.01. The second kappa shape index (κ2) is 7.14. The third kappa shape index (κ3) is 4.00. The van der Waals surface area contributed by atoms with Gasteiger partial charge in [0.05, 0.1) is 28.4 Å². The molecule has 3 aromatic rings. The van der Waals surface area contributed by atoms with Crippen molar-refractivity contribution >= 4 is 21.4 Å². The van der Waals surface area contributed by atoms with Crippen LogP contribution in [0.2, 0.25) is 5.02 Å². The topological polar surface area (TPSA) is 61.2 Å². The molecule has 0 amide bonds. The van der Waals surface area contributed by atoms with Crippen LogP contribution in [0.1, 0.15) is 5.69 Å². The number of methoxy groups -OCH3 is 1. The average molecular weight is 431 g/mol. The maximum absolute atomic E-state index is 13.2. The second-order valence-electron chi connectivity index (χ2n) is 5.94. The fourth-order valence-electron chi connectivity index (χ4n) is 2.58. The zero-order valence-corrected chi connectivity index (χ0v) is 16.2. The highest BCUT2D eigenvalue weighted by molar-refractivity contribution is 7.90. The van der Waals surface area contributed by atoms with Crippen LogP contribution in [0.4, 0.5) is 13.2 Å². The Hall–Kier alpha value is -2.52. The average Bonchev–Trinajstić information content (AvgIpc) is 3.07. The van der Waals surface area contributed by atoms with Crippen LogP contribution in [0.3, 0.4) is 0 Å². The van der Waals surface area contributed by atoms with E-state index < -0.39 is 21.7 Å². The Kier molecular flexibility index (Phi) is 5.16.